The van der Waals surface area contributed by atoms with Crippen molar-refractivity contribution in [2.24, 2.45) is 0 Å². The standard InChI is InChI=1S/C20H22F2N2OS/c21-16-6-7-18(22)17(14-16)19-9-11-24(12-13-26-19)20(25)23-10-8-15-4-2-1-3-5-15/h1-7,14,19H,8-13H2,(H,23,25). The molecule has 1 N–H and O–H groups in total. The third-order valence-electron chi connectivity index (χ3n) is 4.47. The van der Waals surface area contributed by atoms with Crippen LogP contribution in [0.4, 0.5) is 13.6 Å². The smallest absolute Gasteiger partial charge is 0.317 e. The van der Waals surface area contributed by atoms with Gasteiger partial charge in [-0.3, -0.25) is 0 Å². The Morgan fingerprint density at radius 2 is 1.96 bits per heavy atom. The lowest BCUT2D eigenvalue weighted by atomic mass is 10.1. The minimum Gasteiger partial charge on any atom is -0.338 e. The number of urea groups is 1. The first-order chi connectivity index (χ1) is 12.6. The van der Waals surface area contributed by atoms with Crippen LogP contribution in [0.15, 0.2) is 48.5 Å². The molecule has 1 heterocycles. The van der Waals surface area contributed by atoms with Crippen molar-refractivity contribution in [1.82, 2.24) is 10.2 Å². The van der Waals surface area contributed by atoms with E-state index in [4.69, 9.17) is 0 Å². The van der Waals surface area contributed by atoms with Crippen molar-refractivity contribution in [3.8, 4) is 0 Å². The number of benzene rings is 2. The fourth-order valence-corrected chi connectivity index (χ4v) is 4.30. The lowest BCUT2D eigenvalue weighted by Gasteiger charge is -2.21. The van der Waals surface area contributed by atoms with Crippen LogP contribution in [-0.2, 0) is 6.42 Å². The summed E-state index contributed by atoms with van der Waals surface area (Å²) in [5, 5.41) is 2.82. The SMILES string of the molecule is O=C(NCCc1ccccc1)N1CCSC(c2cc(F)ccc2F)CC1. The summed E-state index contributed by atoms with van der Waals surface area (Å²) >= 11 is 1.57. The number of hydrogen-bond donors (Lipinski definition) is 1. The van der Waals surface area contributed by atoms with E-state index < -0.39 is 5.82 Å². The predicted molar refractivity (Wildman–Crippen MR) is 101 cm³/mol. The second-order valence-corrected chi connectivity index (χ2v) is 7.58. The third-order valence-corrected chi connectivity index (χ3v) is 5.78. The predicted octanol–water partition coefficient (Wildman–Crippen LogP) is 4.40. The van der Waals surface area contributed by atoms with Crippen molar-refractivity contribution in [2.75, 3.05) is 25.4 Å². The molecule has 0 spiro atoms. The average molecular weight is 376 g/mol. The highest BCUT2D eigenvalue weighted by atomic mass is 32.2. The summed E-state index contributed by atoms with van der Waals surface area (Å²) < 4.78 is 27.4. The zero-order valence-corrected chi connectivity index (χ0v) is 15.3. The summed E-state index contributed by atoms with van der Waals surface area (Å²) in [7, 11) is 0. The van der Waals surface area contributed by atoms with Gasteiger partial charge in [-0.25, -0.2) is 13.6 Å². The van der Waals surface area contributed by atoms with Crippen molar-refractivity contribution in [1.29, 1.82) is 0 Å². The fourth-order valence-electron chi connectivity index (χ4n) is 3.05. The van der Waals surface area contributed by atoms with Crippen molar-refractivity contribution < 1.29 is 13.6 Å². The highest BCUT2D eigenvalue weighted by Gasteiger charge is 2.24. The van der Waals surface area contributed by atoms with Gasteiger partial charge in [-0.1, -0.05) is 30.3 Å². The Hall–Kier alpha value is -2.08. The Labute approximate surface area is 156 Å². The quantitative estimate of drug-likeness (QED) is 0.858. The van der Waals surface area contributed by atoms with E-state index in [0.29, 0.717) is 37.4 Å². The van der Waals surface area contributed by atoms with Gasteiger partial charge in [0.15, 0.2) is 0 Å². The molecule has 0 aliphatic carbocycles. The molecule has 2 aromatic carbocycles. The summed E-state index contributed by atoms with van der Waals surface area (Å²) in [5.41, 5.74) is 1.57. The lowest BCUT2D eigenvalue weighted by Crippen LogP contribution is -2.41. The number of amides is 2. The molecule has 0 saturated carbocycles. The molecule has 1 unspecified atom stereocenters. The van der Waals surface area contributed by atoms with Crippen LogP contribution >= 0.6 is 11.8 Å². The summed E-state index contributed by atoms with van der Waals surface area (Å²) in [5.74, 6) is -0.112. The molecule has 1 atom stereocenters. The van der Waals surface area contributed by atoms with Crippen LogP contribution in [0.2, 0.25) is 0 Å². The Morgan fingerprint density at radius 1 is 1.15 bits per heavy atom. The van der Waals surface area contributed by atoms with Crippen molar-refractivity contribution in [3.05, 3.63) is 71.3 Å². The number of rotatable bonds is 4. The minimum absolute atomic E-state index is 0.0955. The molecular weight excluding hydrogens is 354 g/mol. The second kappa shape index (κ2) is 9.03. The molecule has 0 radical (unpaired) electrons. The molecule has 2 aromatic rings. The van der Waals surface area contributed by atoms with E-state index in [9.17, 15) is 13.6 Å². The van der Waals surface area contributed by atoms with E-state index >= 15 is 0 Å². The fraction of sp³-hybridized carbons (Fsp3) is 0.350. The van der Waals surface area contributed by atoms with E-state index in [1.807, 2.05) is 30.3 Å². The van der Waals surface area contributed by atoms with E-state index in [1.54, 1.807) is 16.7 Å². The molecule has 1 saturated heterocycles. The maximum Gasteiger partial charge on any atom is 0.317 e. The molecule has 26 heavy (non-hydrogen) atoms. The van der Waals surface area contributed by atoms with Gasteiger partial charge in [0.05, 0.1) is 0 Å². The minimum atomic E-state index is -0.429. The topological polar surface area (TPSA) is 32.3 Å². The molecule has 1 aliphatic rings. The van der Waals surface area contributed by atoms with Crippen LogP contribution in [0, 0.1) is 11.6 Å². The summed E-state index contributed by atoms with van der Waals surface area (Å²) in [6.07, 6.45) is 1.39. The van der Waals surface area contributed by atoms with Crippen LogP contribution in [0.25, 0.3) is 0 Å². The first-order valence-electron chi connectivity index (χ1n) is 8.77. The van der Waals surface area contributed by atoms with Gasteiger partial charge in [0.2, 0.25) is 0 Å². The Kier molecular flexibility index (Phi) is 6.50. The van der Waals surface area contributed by atoms with Gasteiger partial charge in [0, 0.05) is 36.2 Å². The molecular formula is C20H22F2N2OS. The Balaban J connectivity index is 1.51. The van der Waals surface area contributed by atoms with Crippen LogP contribution in [0.3, 0.4) is 0 Å². The molecule has 0 bridgehead atoms. The van der Waals surface area contributed by atoms with Crippen molar-refractivity contribution >= 4 is 17.8 Å². The molecule has 138 valence electrons. The number of thioether (sulfide) groups is 1. The number of halogens is 2. The van der Waals surface area contributed by atoms with Gasteiger partial charge in [-0.15, -0.1) is 0 Å². The second-order valence-electron chi connectivity index (χ2n) is 6.27. The molecule has 6 heteroatoms. The highest BCUT2D eigenvalue weighted by Crippen LogP contribution is 2.36. The zero-order chi connectivity index (χ0) is 18.4. The summed E-state index contributed by atoms with van der Waals surface area (Å²) in [4.78, 5) is 14.1. The molecule has 0 aromatic heterocycles. The van der Waals surface area contributed by atoms with E-state index in [1.165, 1.54) is 17.7 Å². The van der Waals surface area contributed by atoms with E-state index in [2.05, 4.69) is 5.32 Å². The monoisotopic (exact) mass is 376 g/mol. The molecule has 2 amide bonds. The maximum absolute atomic E-state index is 14.0. The number of carbonyl (C=O) groups excluding carboxylic acids is 1. The number of hydrogen-bond acceptors (Lipinski definition) is 2. The van der Waals surface area contributed by atoms with Gasteiger partial charge in [-0.05, 0) is 36.6 Å². The Bertz CT molecular complexity index is 742. The van der Waals surface area contributed by atoms with Gasteiger partial charge in [-0.2, -0.15) is 11.8 Å². The van der Waals surface area contributed by atoms with Gasteiger partial charge in [0.1, 0.15) is 11.6 Å². The van der Waals surface area contributed by atoms with Gasteiger partial charge < -0.3 is 10.2 Å². The molecule has 3 rings (SSSR count). The van der Waals surface area contributed by atoms with E-state index in [-0.39, 0.29) is 17.1 Å². The molecule has 3 nitrogen and oxygen atoms in total. The van der Waals surface area contributed by atoms with Crippen LogP contribution in [0.1, 0.15) is 22.8 Å². The van der Waals surface area contributed by atoms with Crippen LogP contribution in [-0.4, -0.2) is 36.3 Å². The Morgan fingerprint density at radius 3 is 2.77 bits per heavy atom. The normalized spacial score (nSPS) is 17.6. The van der Waals surface area contributed by atoms with Crippen molar-refractivity contribution in [2.45, 2.75) is 18.1 Å². The lowest BCUT2D eigenvalue weighted by molar-refractivity contribution is 0.201. The first-order valence-corrected chi connectivity index (χ1v) is 9.81. The number of carbonyl (C=O) groups is 1. The molecule has 1 aliphatic heterocycles. The summed E-state index contributed by atoms with van der Waals surface area (Å²) in [6.45, 7) is 1.72. The van der Waals surface area contributed by atoms with Gasteiger partial charge >= 0.3 is 6.03 Å². The van der Waals surface area contributed by atoms with Gasteiger partial charge in [0.25, 0.3) is 0 Å². The van der Waals surface area contributed by atoms with Crippen LogP contribution in [0.5, 0.6) is 0 Å². The largest absolute Gasteiger partial charge is 0.338 e. The maximum atomic E-state index is 14.0. The first kappa shape index (κ1) is 18.7. The van der Waals surface area contributed by atoms with E-state index in [0.717, 1.165) is 12.5 Å². The highest BCUT2D eigenvalue weighted by molar-refractivity contribution is 7.99. The number of nitrogens with zero attached hydrogens (tertiary/aromatic N) is 1. The van der Waals surface area contributed by atoms with Crippen molar-refractivity contribution in [3.63, 3.8) is 0 Å². The number of nitrogens with one attached hydrogen (secondary N) is 1. The van der Waals surface area contributed by atoms with Crippen LogP contribution < -0.4 is 5.32 Å². The summed E-state index contributed by atoms with van der Waals surface area (Å²) in [6, 6.07) is 13.5. The average Bonchev–Trinajstić information content (AvgIpc) is 2.91. The molecule has 1 fully saturated rings. The third kappa shape index (κ3) is 4.97. The zero-order valence-electron chi connectivity index (χ0n) is 14.5.